The molecule has 1 fully saturated rings. The molecule has 0 aromatic rings. The minimum atomic E-state index is -1.98. The van der Waals surface area contributed by atoms with E-state index in [0.29, 0.717) is 6.42 Å². The molecule has 5 nitrogen and oxygen atoms in total. The lowest BCUT2D eigenvalue weighted by atomic mass is 10.1. The first-order chi connectivity index (χ1) is 9.42. The van der Waals surface area contributed by atoms with E-state index >= 15 is 0 Å². The number of carbonyl (C=O) groups excluding carboxylic acids is 2. The zero-order valence-electron chi connectivity index (χ0n) is 14.2. The predicted molar refractivity (Wildman–Crippen MR) is 82.4 cm³/mol. The van der Waals surface area contributed by atoms with Gasteiger partial charge in [0.25, 0.3) is 0 Å². The molecule has 0 N–H and O–H groups in total. The van der Waals surface area contributed by atoms with Crippen molar-refractivity contribution in [2.75, 3.05) is 0 Å². The molecule has 0 aromatic carbocycles. The van der Waals surface area contributed by atoms with Crippen molar-refractivity contribution in [1.82, 2.24) is 0 Å². The molecule has 0 saturated carbocycles. The Morgan fingerprint density at radius 2 is 1.90 bits per heavy atom. The van der Waals surface area contributed by atoms with Gasteiger partial charge in [0.05, 0.1) is 12.5 Å². The van der Waals surface area contributed by atoms with Crippen LogP contribution in [-0.2, 0) is 23.5 Å². The van der Waals surface area contributed by atoms with Crippen molar-refractivity contribution in [2.45, 2.75) is 83.9 Å². The number of cyclic esters (lactones) is 1. The van der Waals surface area contributed by atoms with Crippen molar-refractivity contribution >= 4 is 20.3 Å². The third-order valence-corrected chi connectivity index (χ3v) is 8.82. The molecule has 0 aliphatic carbocycles. The molecule has 3 atom stereocenters. The van der Waals surface area contributed by atoms with Crippen LogP contribution in [0.25, 0.3) is 0 Å². The van der Waals surface area contributed by atoms with E-state index in [2.05, 4.69) is 33.9 Å². The topological polar surface area (TPSA) is 61.8 Å². The van der Waals surface area contributed by atoms with Gasteiger partial charge in [-0.1, -0.05) is 20.8 Å². The fourth-order valence-corrected chi connectivity index (χ4v) is 3.47. The van der Waals surface area contributed by atoms with Crippen molar-refractivity contribution in [3.8, 4) is 0 Å². The lowest BCUT2D eigenvalue weighted by Gasteiger charge is -2.40. The molecule has 1 rings (SSSR count). The van der Waals surface area contributed by atoms with Crippen LogP contribution < -0.4 is 0 Å². The number of esters is 2. The standard InChI is InChI=1S/C15H28O5Si/c1-10-13(20-21(6,7)15(3,4)5)8-12(19-11(2)16)9-14(17)18-10/h10,12-13H,8-9H2,1-7H3/t10-,12-,13-/m1/s1. The fraction of sp³-hybridized carbons (Fsp3) is 0.867. The molecular formula is C15H28O5Si. The second kappa shape index (κ2) is 6.48. The number of carbonyl (C=O) groups is 2. The molecule has 122 valence electrons. The van der Waals surface area contributed by atoms with Crippen LogP contribution >= 0.6 is 0 Å². The van der Waals surface area contributed by atoms with Crippen LogP contribution in [0.4, 0.5) is 0 Å². The Balaban J connectivity index is 2.87. The van der Waals surface area contributed by atoms with Crippen LogP contribution in [0, 0.1) is 0 Å². The Morgan fingerprint density at radius 3 is 2.38 bits per heavy atom. The normalized spacial score (nSPS) is 27.8. The van der Waals surface area contributed by atoms with E-state index < -0.39 is 14.4 Å². The van der Waals surface area contributed by atoms with Crippen molar-refractivity contribution < 1.29 is 23.5 Å². The number of rotatable bonds is 3. The Bertz CT molecular complexity index is 399. The molecule has 0 amide bonds. The zero-order chi connectivity index (χ0) is 16.4. The summed E-state index contributed by atoms with van der Waals surface area (Å²) in [5.74, 6) is -0.719. The van der Waals surface area contributed by atoms with Gasteiger partial charge >= 0.3 is 11.9 Å². The fourth-order valence-electron chi connectivity index (χ4n) is 2.07. The second-order valence-corrected chi connectivity index (χ2v) is 12.0. The van der Waals surface area contributed by atoms with Gasteiger partial charge in [-0.2, -0.15) is 0 Å². The Labute approximate surface area is 128 Å². The summed E-state index contributed by atoms with van der Waals surface area (Å²) in [6.07, 6.45) is -0.427. The molecule has 1 aliphatic heterocycles. The second-order valence-electron chi connectivity index (χ2n) is 7.28. The van der Waals surface area contributed by atoms with Crippen LogP contribution in [0.2, 0.25) is 18.1 Å². The van der Waals surface area contributed by atoms with E-state index in [-0.39, 0.29) is 35.6 Å². The minimum absolute atomic E-state index is 0.0694. The molecule has 1 heterocycles. The minimum Gasteiger partial charge on any atom is -0.462 e. The van der Waals surface area contributed by atoms with Crippen LogP contribution in [0.1, 0.15) is 47.5 Å². The van der Waals surface area contributed by atoms with Crippen LogP contribution in [0.5, 0.6) is 0 Å². The smallest absolute Gasteiger partial charge is 0.309 e. The number of hydrogen-bond acceptors (Lipinski definition) is 5. The molecule has 21 heavy (non-hydrogen) atoms. The maximum absolute atomic E-state index is 11.7. The van der Waals surface area contributed by atoms with Gasteiger partial charge in [0.15, 0.2) is 8.32 Å². The Kier molecular flexibility index (Phi) is 5.61. The predicted octanol–water partition coefficient (Wildman–Crippen LogP) is 3.03. The van der Waals surface area contributed by atoms with Crippen LogP contribution in [-0.4, -0.2) is 38.6 Å². The molecule has 0 spiro atoms. The first kappa shape index (κ1) is 18.2. The zero-order valence-corrected chi connectivity index (χ0v) is 15.2. The average molecular weight is 316 g/mol. The molecule has 1 aliphatic rings. The van der Waals surface area contributed by atoms with Crippen molar-refractivity contribution in [1.29, 1.82) is 0 Å². The van der Waals surface area contributed by atoms with E-state index in [9.17, 15) is 9.59 Å². The van der Waals surface area contributed by atoms with Gasteiger partial charge in [-0.25, -0.2) is 0 Å². The van der Waals surface area contributed by atoms with Crippen molar-refractivity contribution in [3.63, 3.8) is 0 Å². The van der Waals surface area contributed by atoms with Crippen LogP contribution in [0.3, 0.4) is 0 Å². The largest absolute Gasteiger partial charge is 0.462 e. The number of hydrogen-bond donors (Lipinski definition) is 0. The van der Waals surface area contributed by atoms with E-state index in [1.807, 2.05) is 6.92 Å². The van der Waals surface area contributed by atoms with E-state index in [0.717, 1.165) is 0 Å². The first-order valence-corrected chi connectivity index (χ1v) is 10.4. The van der Waals surface area contributed by atoms with E-state index in [1.54, 1.807) is 0 Å². The Hall–Kier alpha value is -0.883. The maximum atomic E-state index is 11.7. The lowest BCUT2D eigenvalue weighted by Crippen LogP contribution is -2.47. The van der Waals surface area contributed by atoms with Crippen molar-refractivity contribution in [2.24, 2.45) is 0 Å². The monoisotopic (exact) mass is 316 g/mol. The summed E-state index contributed by atoms with van der Waals surface area (Å²) in [4.78, 5) is 22.9. The van der Waals surface area contributed by atoms with Gasteiger partial charge in [0.2, 0.25) is 0 Å². The third kappa shape index (κ3) is 5.11. The van der Waals surface area contributed by atoms with E-state index in [4.69, 9.17) is 13.9 Å². The molecule has 0 bridgehead atoms. The first-order valence-electron chi connectivity index (χ1n) is 7.47. The van der Waals surface area contributed by atoms with Gasteiger partial charge in [-0.05, 0) is 25.1 Å². The highest BCUT2D eigenvalue weighted by Crippen LogP contribution is 2.39. The quantitative estimate of drug-likeness (QED) is 0.591. The summed E-state index contributed by atoms with van der Waals surface area (Å²) in [5, 5.41) is 0.0694. The van der Waals surface area contributed by atoms with Gasteiger partial charge in [-0.3, -0.25) is 9.59 Å². The van der Waals surface area contributed by atoms with E-state index in [1.165, 1.54) is 6.92 Å². The summed E-state index contributed by atoms with van der Waals surface area (Å²) in [5.41, 5.74) is 0. The summed E-state index contributed by atoms with van der Waals surface area (Å²) in [6.45, 7) is 14.0. The Morgan fingerprint density at radius 1 is 1.33 bits per heavy atom. The SMILES string of the molecule is CC(=O)O[C@H]1CC(=O)O[C@H](C)[C@H](O[Si](C)(C)C(C)(C)C)C1. The molecule has 6 heteroatoms. The van der Waals surface area contributed by atoms with Gasteiger partial charge in [-0.15, -0.1) is 0 Å². The molecule has 0 unspecified atom stereocenters. The van der Waals surface area contributed by atoms with Gasteiger partial charge in [0, 0.05) is 13.3 Å². The molecule has 0 radical (unpaired) electrons. The summed E-state index contributed by atoms with van der Waals surface area (Å²) in [6, 6.07) is 0. The molecular weight excluding hydrogens is 288 g/mol. The highest BCUT2D eigenvalue weighted by Gasteiger charge is 2.42. The highest BCUT2D eigenvalue weighted by atomic mass is 28.4. The summed E-state index contributed by atoms with van der Waals surface area (Å²) < 4.78 is 16.9. The molecule has 0 aromatic heterocycles. The highest BCUT2D eigenvalue weighted by molar-refractivity contribution is 6.74. The molecule has 1 saturated heterocycles. The van der Waals surface area contributed by atoms with Gasteiger partial charge < -0.3 is 13.9 Å². The summed E-state index contributed by atoms with van der Waals surface area (Å²) >= 11 is 0. The number of ether oxygens (including phenoxy) is 2. The van der Waals surface area contributed by atoms with Gasteiger partial charge in [0.1, 0.15) is 12.2 Å². The lowest BCUT2D eigenvalue weighted by molar-refractivity contribution is -0.153. The maximum Gasteiger partial charge on any atom is 0.309 e. The average Bonchev–Trinajstić information content (AvgIpc) is 2.35. The summed E-state index contributed by atoms with van der Waals surface area (Å²) in [7, 11) is -1.98. The van der Waals surface area contributed by atoms with Crippen molar-refractivity contribution in [3.05, 3.63) is 0 Å². The van der Waals surface area contributed by atoms with Crippen LogP contribution in [0.15, 0.2) is 0 Å². The third-order valence-electron chi connectivity index (χ3n) is 4.32.